The average Bonchev–Trinajstić information content (AvgIpc) is 2.80. The van der Waals surface area contributed by atoms with Gasteiger partial charge in [0.25, 0.3) is 5.91 Å². The van der Waals surface area contributed by atoms with E-state index < -0.39 is 17.6 Å². The number of nitrogen functional groups attached to an aromatic ring is 1. The van der Waals surface area contributed by atoms with E-state index in [1.54, 1.807) is 24.0 Å². The Kier molecular flexibility index (Phi) is 3.88. The number of amides is 1. The first kappa shape index (κ1) is 14.9. The van der Waals surface area contributed by atoms with E-state index >= 15 is 0 Å². The number of halogens is 3. The highest BCUT2D eigenvalue weighted by Crippen LogP contribution is 2.31. The maximum absolute atomic E-state index is 12.6. The quantitative estimate of drug-likeness (QED) is 0.851. The highest BCUT2D eigenvalue weighted by Gasteiger charge is 2.31. The molecule has 2 aromatic rings. The zero-order valence-electron chi connectivity index (χ0n) is 11.1. The molecule has 0 saturated heterocycles. The summed E-state index contributed by atoms with van der Waals surface area (Å²) in [6, 6.07) is 2.65. The Morgan fingerprint density at radius 3 is 2.71 bits per heavy atom. The summed E-state index contributed by atoms with van der Waals surface area (Å²) in [4.78, 5) is 16.0. The van der Waals surface area contributed by atoms with Crippen molar-refractivity contribution >= 4 is 11.6 Å². The van der Waals surface area contributed by atoms with Gasteiger partial charge in [-0.1, -0.05) is 0 Å². The normalized spacial score (nSPS) is 11.4. The van der Waals surface area contributed by atoms with Gasteiger partial charge in [0.15, 0.2) is 0 Å². The van der Waals surface area contributed by atoms with Gasteiger partial charge in [0.1, 0.15) is 5.82 Å². The highest BCUT2D eigenvalue weighted by atomic mass is 19.4. The fraction of sp³-hybridized carbons (Fsp3) is 0.231. The number of hydrogen-bond acceptors (Lipinski definition) is 3. The summed E-state index contributed by atoms with van der Waals surface area (Å²) < 4.78 is 39.6. The number of rotatable bonds is 3. The predicted octanol–water partition coefficient (Wildman–Crippen LogP) is 1.95. The van der Waals surface area contributed by atoms with Gasteiger partial charge in [-0.25, -0.2) is 4.98 Å². The number of carbonyl (C=O) groups is 1. The van der Waals surface area contributed by atoms with Crippen molar-refractivity contribution in [2.75, 3.05) is 5.73 Å². The van der Waals surface area contributed by atoms with Gasteiger partial charge in [-0.15, -0.1) is 0 Å². The van der Waals surface area contributed by atoms with Gasteiger partial charge in [-0.2, -0.15) is 13.2 Å². The molecular weight excluding hydrogens is 285 g/mol. The van der Waals surface area contributed by atoms with E-state index in [-0.39, 0.29) is 17.8 Å². The smallest absolute Gasteiger partial charge is 0.398 e. The number of hydrogen-bond donors (Lipinski definition) is 2. The highest BCUT2D eigenvalue weighted by molar-refractivity contribution is 5.99. The number of nitrogens with zero attached hydrogens (tertiary/aromatic N) is 2. The number of nitrogens with two attached hydrogens (primary N) is 1. The van der Waals surface area contributed by atoms with Crippen molar-refractivity contribution in [1.29, 1.82) is 0 Å². The fourth-order valence-corrected chi connectivity index (χ4v) is 1.75. The molecule has 0 atom stereocenters. The number of aromatic nitrogens is 2. The lowest BCUT2D eigenvalue weighted by Crippen LogP contribution is -2.25. The third-order valence-electron chi connectivity index (χ3n) is 2.95. The van der Waals surface area contributed by atoms with Crippen LogP contribution in [0.1, 0.15) is 21.7 Å². The molecule has 0 saturated carbocycles. The Balaban J connectivity index is 2.17. The van der Waals surface area contributed by atoms with Gasteiger partial charge in [0, 0.05) is 25.1 Å². The molecule has 0 aliphatic carbocycles. The van der Waals surface area contributed by atoms with Crippen LogP contribution in [0.2, 0.25) is 0 Å². The monoisotopic (exact) mass is 298 g/mol. The van der Waals surface area contributed by atoms with E-state index in [1.165, 1.54) is 0 Å². The van der Waals surface area contributed by atoms with E-state index in [4.69, 9.17) is 5.73 Å². The van der Waals surface area contributed by atoms with E-state index in [2.05, 4.69) is 10.3 Å². The second-order valence-corrected chi connectivity index (χ2v) is 4.44. The van der Waals surface area contributed by atoms with Gasteiger partial charge in [0.2, 0.25) is 0 Å². The van der Waals surface area contributed by atoms with Crippen molar-refractivity contribution in [3.63, 3.8) is 0 Å². The van der Waals surface area contributed by atoms with Crippen molar-refractivity contribution in [2.45, 2.75) is 12.7 Å². The van der Waals surface area contributed by atoms with E-state index in [0.29, 0.717) is 5.82 Å². The number of imidazole rings is 1. The minimum Gasteiger partial charge on any atom is -0.398 e. The van der Waals surface area contributed by atoms with E-state index in [9.17, 15) is 18.0 Å². The molecule has 0 aliphatic rings. The molecule has 5 nitrogen and oxygen atoms in total. The van der Waals surface area contributed by atoms with Crippen LogP contribution in [0.15, 0.2) is 30.6 Å². The topological polar surface area (TPSA) is 72.9 Å². The van der Waals surface area contributed by atoms with Crippen LogP contribution < -0.4 is 11.1 Å². The van der Waals surface area contributed by atoms with Gasteiger partial charge in [-0.3, -0.25) is 4.79 Å². The Morgan fingerprint density at radius 1 is 1.43 bits per heavy atom. The molecule has 21 heavy (non-hydrogen) atoms. The first-order chi connectivity index (χ1) is 9.79. The Bertz CT molecular complexity index is 664. The van der Waals surface area contributed by atoms with Crippen LogP contribution in [0, 0.1) is 0 Å². The van der Waals surface area contributed by atoms with Gasteiger partial charge in [-0.05, 0) is 18.2 Å². The molecule has 0 aliphatic heterocycles. The summed E-state index contributed by atoms with van der Waals surface area (Å²) in [5.74, 6) is -0.101. The minimum atomic E-state index is -4.53. The molecule has 3 N–H and O–H groups in total. The Labute approximate surface area is 118 Å². The summed E-state index contributed by atoms with van der Waals surface area (Å²) in [6.07, 6.45) is -1.28. The first-order valence-corrected chi connectivity index (χ1v) is 6.00. The molecule has 8 heteroatoms. The zero-order chi connectivity index (χ0) is 15.6. The second-order valence-electron chi connectivity index (χ2n) is 4.44. The second kappa shape index (κ2) is 5.47. The number of carbonyl (C=O) groups excluding carboxylic acids is 1. The maximum Gasteiger partial charge on any atom is 0.416 e. The number of nitrogens with one attached hydrogen (secondary N) is 1. The molecule has 112 valence electrons. The molecule has 2 rings (SSSR count). The molecule has 0 spiro atoms. The molecule has 0 bridgehead atoms. The van der Waals surface area contributed by atoms with Crippen LogP contribution in [0.5, 0.6) is 0 Å². The summed E-state index contributed by atoms with van der Waals surface area (Å²) in [5.41, 5.74) is 4.42. The van der Waals surface area contributed by atoms with Crippen molar-refractivity contribution in [1.82, 2.24) is 14.9 Å². The van der Waals surface area contributed by atoms with Crippen LogP contribution in [-0.4, -0.2) is 15.5 Å². The van der Waals surface area contributed by atoms with Crippen LogP contribution >= 0.6 is 0 Å². The van der Waals surface area contributed by atoms with Crippen LogP contribution in [0.25, 0.3) is 0 Å². The summed E-state index contributed by atoms with van der Waals surface area (Å²) in [5, 5.41) is 2.49. The average molecular weight is 298 g/mol. The maximum atomic E-state index is 12.6. The van der Waals surface area contributed by atoms with Crippen molar-refractivity contribution in [3.8, 4) is 0 Å². The largest absolute Gasteiger partial charge is 0.416 e. The van der Waals surface area contributed by atoms with Crippen molar-refractivity contribution < 1.29 is 18.0 Å². The standard InChI is InChI=1S/C13H13F3N4O/c1-20-5-4-18-11(20)7-19-12(21)9-6-8(13(14,15)16)2-3-10(9)17/h2-6H,7,17H2,1H3,(H,19,21). The lowest BCUT2D eigenvalue weighted by atomic mass is 10.1. The molecule has 0 fully saturated rings. The Morgan fingerprint density at radius 2 is 2.14 bits per heavy atom. The SMILES string of the molecule is Cn1ccnc1CNC(=O)c1cc(C(F)(F)F)ccc1N. The molecule has 1 aromatic carbocycles. The van der Waals surface area contributed by atoms with Crippen molar-refractivity contribution in [2.24, 2.45) is 7.05 Å². The number of alkyl halides is 3. The van der Waals surface area contributed by atoms with Crippen LogP contribution in [-0.2, 0) is 19.8 Å². The van der Waals surface area contributed by atoms with Gasteiger partial charge in [0.05, 0.1) is 17.7 Å². The van der Waals surface area contributed by atoms with Crippen LogP contribution in [0.4, 0.5) is 18.9 Å². The van der Waals surface area contributed by atoms with E-state index in [0.717, 1.165) is 18.2 Å². The lowest BCUT2D eigenvalue weighted by molar-refractivity contribution is -0.137. The van der Waals surface area contributed by atoms with Crippen molar-refractivity contribution in [3.05, 3.63) is 47.5 Å². The number of benzene rings is 1. The first-order valence-electron chi connectivity index (χ1n) is 6.00. The number of anilines is 1. The van der Waals surface area contributed by atoms with Gasteiger partial charge < -0.3 is 15.6 Å². The summed E-state index contributed by atoms with van der Waals surface area (Å²) in [7, 11) is 1.74. The lowest BCUT2D eigenvalue weighted by Gasteiger charge is -2.11. The van der Waals surface area contributed by atoms with E-state index in [1.807, 2.05) is 0 Å². The zero-order valence-corrected chi connectivity index (χ0v) is 11.1. The molecule has 0 radical (unpaired) electrons. The summed E-state index contributed by atoms with van der Waals surface area (Å²) in [6.45, 7) is 0.0953. The Hall–Kier alpha value is -2.51. The molecular formula is C13H13F3N4O. The molecule has 1 amide bonds. The predicted molar refractivity (Wildman–Crippen MR) is 70.2 cm³/mol. The van der Waals surface area contributed by atoms with Gasteiger partial charge >= 0.3 is 6.18 Å². The van der Waals surface area contributed by atoms with Crippen LogP contribution in [0.3, 0.4) is 0 Å². The fourth-order valence-electron chi connectivity index (χ4n) is 1.75. The molecule has 0 unspecified atom stereocenters. The molecule has 1 aromatic heterocycles. The third-order valence-corrected chi connectivity index (χ3v) is 2.95. The minimum absolute atomic E-state index is 0.0136. The molecule has 1 heterocycles. The third kappa shape index (κ3) is 3.33. The number of aryl methyl sites for hydroxylation is 1. The summed E-state index contributed by atoms with van der Waals surface area (Å²) >= 11 is 0.